The van der Waals surface area contributed by atoms with Crippen LogP contribution in [0.5, 0.6) is 5.75 Å². The van der Waals surface area contributed by atoms with Crippen molar-refractivity contribution >= 4 is 17.5 Å². The molecule has 1 saturated carbocycles. The van der Waals surface area contributed by atoms with Crippen molar-refractivity contribution in [1.82, 2.24) is 15.0 Å². The minimum atomic E-state index is -4.73. The van der Waals surface area contributed by atoms with Gasteiger partial charge in [0.25, 0.3) is 0 Å². The van der Waals surface area contributed by atoms with Gasteiger partial charge in [-0.2, -0.15) is 4.98 Å². The van der Waals surface area contributed by atoms with E-state index in [2.05, 4.69) is 30.3 Å². The van der Waals surface area contributed by atoms with Crippen molar-refractivity contribution in [3.8, 4) is 17.0 Å². The number of nitrogens with zero attached hydrogens (tertiary/aromatic N) is 3. The molecule has 0 amide bonds. The Bertz CT molecular complexity index is 1010. The van der Waals surface area contributed by atoms with Crippen LogP contribution >= 0.6 is 0 Å². The standard InChI is InChI=1S/C20H18F3N5O/c1-12-9-15(29-20(21,22)23)6-7-16(12)26-18-10-17(13-3-2-8-24-11-13)27-19(28-18)25-14-4-5-14/h2-3,6-11,14H,4-5H2,1H3,(H2,25,26,27,28). The van der Waals surface area contributed by atoms with Gasteiger partial charge in [0.1, 0.15) is 11.6 Å². The molecule has 1 aliphatic carbocycles. The van der Waals surface area contributed by atoms with Gasteiger partial charge >= 0.3 is 6.36 Å². The Morgan fingerprint density at radius 1 is 1.10 bits per heavy atom. The number of alkyl halides is 3. The van der Waals surface area contributed by atoms with Crippen LogP contribution in [0.25, 0.3) is 11.3 Å². The fourth-order valence-corrected chi connectivity index (χ4v) is 2.76. The number of nitrogens with one attached hydrogen (secondary N) is 2. The van der Waals surface area contributed by atoms with Crippen LogP contribution in [0.3, 0.4) is 0 Å². The largest absolute Gasteiger partial charge is 0.573 e. The number of pyridine rings is 1. The van der Waals surface area contributed by atoms with Crippen LogP contribution in [0.1, 0.15) is 18.4 Å². The number of aromatic nitrogens is 3. The van der Waals surface area contributed by atoms with E-state index in [0.717, 1.165) is 18.4 Å². The minimum Gasteiger partial charge on any atom is -0.406 e. The van der Waals surface area contributed by atoms with Gasteiger partial charge in [-0.3, -0.25) is 4.98 Å². The van der Waals surface area contributed by atoms with Crippen LogP contribution in [0.4, 0.5) is 30.6 Å². The van der Waals surface area contributed by atoms with E-state index in [4.69, 9.17) is 0 Å². The zero-order valence-electron chi connectivity index (χ0n) is 15.5. The number of anilines is 3. The van der Waals surface area contributed by atoms with E-state index >= 15 is 0 Å². The van der Waals surface area contributed by atoms with Crippen LogP contribution in [0, 0.1) is 6.92 Å². The highest BCUT2D eigenvalue weighted by molar-refractivity contribution is 5.68. The van der Waals surface area contributed by atoms with Gasteiger partial charge in [-0.1, -0.05) is 0 Å². The fourth-order valence-electron chi connectivity index (χ4n) is 2.76. The van der Waals surface area contributed by atoms with E-state index in [1.54, 1.807) is 25.4 Å². The number of halogens is 3. The first-order valence-corrected chi connectivity index (χ1v) is 9.05. The van der Waals surface area contributed by atoms with Crippen molar-refractivity contribution in [2.24, 2.45) is 0 Å². The summed E-state index contributed by atoms with van der Waals surface area (Å²) in [7, 11) is 0. The van der Waals surface area contributed by atoms with Crippen LogP contribution in [-0.2, 0) is 0 Å². The van der Waals surface area contributed by atoms with Crippen molar-refractivity contribution in [2.45, 2.75) is 32.2 Å². The molecule has 2 N–H and O–H groups in total. The Hall–Kier alpha value is -3.36. The van der Waals surface area contributed by atoms with Crippen molar-refractivity contribution in [3.63, 3.8) is 0 Å². The molecule has 0 radical (unpaired) electrons. The molecule has 0 saturated heterocycles. The average molecular weight is 401 g/mol. The Balaban J connectivity index is 1.62. The molecule has 1 aliphatic rings. The molecule has 3 aromatic rings. The molecular weight excluding hydrogens is 383 g/mol. The first kappa shape index (κ1) is 19.0. The summed E-state index contributed by atoms with van der Waals surface area (Å²) >= 11 is 0. The number of rotatable bonds is 6. The summed E-state index contributed by atoms with van der Waals surface area (Å²) in [6.45, 7) is 1.69. The van der Waals surface area contributed by atoms with Crippen LogP contribution in [-0.4, -0.2) is 27.4 Å². The number of hydrogen-bond acceptors (Lipinski definition) is 6. The van der Waals surface area contributed by atoms with Crippen LogP contribution in [0.2, 0.25) is 0 Å². The molecule has 29 heavy (non-hydrogen) atoms. The molecule has 1 aromatic carbocycles. The topological polar surface area (TPSA) is 72.0 Å². The third-order valence-electron chi connectivity index (χ3n) is 4.29. The first-order chi connectivity index (χ1) is 13.9. The summed E-state index contributed by atoms with van der Waals surface area (Å²) < 4.78 is 41.2. The van der Waals surface area contributed by atoms with Gasteiger partial charge in [0.2, 0.25) is 5.95 Å². The predicted molar refractivity (Wildman–Crippen MR) is 103 cm³/mol. The van der Waals surface area contributed by atoms with Gasteiger partial charge < -0.3 is 15.4 Å². The monoisotopic (exact) mass is 401 g/mol. The van der Waals surface area contributed by atoms with Gasteiger partial charge in [0.15, 0.2) is 0 Å². The molecule has 0 atom stereocenters. The molecule has 6 nitrogen and oxygen atoms in total. The zero-order valence-corrected chi connectivity index (χ0v) is 15.5. The molecule has 9 heteroatoms. The molecule has 2 heterocycles. The number of ether oxygens (including phenoxy) is 1. The third-order valence-corrected chi connectivity index (χ3v) is 4.29. The second-order valence-corrected chi connectivity index (χ2v) is 6.77. The maximum Gasteiger partial charge on any atom is 0.573 e. The van der Waals surface area contributed by atoms with E-state index in [-0.39, 0.29) is 5.75 Å². The highest BCUT2D eigenvalue weighted by Crippen LogP contribution is 2.30. The Labute approximate surface area is 165 Å². The molecule has 0 bridgehead atoms. The van der Waals surface area contributed by atoms with Crippen molar-refractivity contribution < 1.29 is 17.9 Å². The number of benzene rings is 1. The molecule has 1 fully saturated rings. The van der Waals surface area contributed by atoms with Gasteiger partial charge in [0.05, 0.1) is 5.69 Å². The lowest BCUT2D eigenvalue weighted by Crippen LogP contribution is -2.17. The Morgan fingerprint density at radius 2 is 1.93 bits per heavy atom. The summed E-state index contributed by atoms with van der Waals surface area (Å²) in [5.41, 5.74) is 2.73. The van der Waals surface area contributed by atoms with Crippen molar-refractivity contribution in [1.29, 1.82) is 0 Å². The van der Waals surface area contributed by atoms with Crippen molar-refractivity contribution in [3.05, 3.63) is 54.4 Å². The maximum atomic E-state index is 12.4. The molecule has 0 aliphatic heterocycles. The molecular formula is C20H18F3N5O. The van der Waals surface area contributed by atoms with Crippen LogP contribution < -0.4 is 15.4 Å². The van der Waals surface area contributed by atoms with Gasteiger partial charge in [-0.05, 0) is 55.7 Å². The smallest absolute Gasteiger partial charge is 0.406 e. The third kappa shape index (κ3) is 5.13. The lowest BCUT2D eigenvalue weighted by atomic mass is 10.2. The second kappa shape index (κ2) is 7.57. The summed E-state index contributed by atoms with van der Waals surface area (Å²) in [6, 6.07) is 9.96. The Kier molecular flexibility index (Phi) is 4.96. The van der Waals surface area contributed by atoms with E-state index in [9.17, 15) is 13.2 Å². The molecule has 0 spiro atoms. The SMILES string of the molecule is Cc1cc(OC(F)(F)F)ccc1Nc1cc(-c2cccnc2)nc(NC2CC2)n1. The first-order valence-electron chi connectivity index (χ1n) is 9.05. The number of hydrogen-bond donors (Lipinski definition) is 2. The second-order valence-electron chi connectivity index (χ2n) is 6.77. The van der Waals surface area contributed by atoms with Crippen LogP contribution in [0.15, 0.2) is 48.8 Å². The van der Waals surface area contributed by atoms with E-state index in [0.29, 0.717) is 34.8 Å². The summed E-state index contributed by atoms with van der Waals surface area (Å²) in [6.07, 6.45) is 0.810. The summed E-state index contributed by atoms with van der Waals surface area (Å²) in [5.74, 6) is 0.746. The fraction of sp³-hybridized carbons (Fsp3) is 0.250. The van der Waals surface area contributed by atoms with Crippen molar-refractivity contribution in [2.75, 3.05) is 10.6 Å². The van der Waals surface area contributed by atoms with Gasteiger partial charge in [-0.25, -0.2) is 4.98 Å². The normalized spacial score (nSPS) is 13.8. The van der Waals surface area contributed by atoms with Gasteiger partial charge in [0, 0.05) is 35.8 Å². The maximum absolute atomic E-state index is 12.4. The molecule has 150 valence electrons. The highest BCUT2D eigenvalue weighted by atomic mass is 19.4. The highest BCUT2D eigenvalue weighted by Gasteiger charge is 2.31. The Morgan fingerprint density at radius 3 is 2.59 bits per heavy atom. The summed E-state index contributed by atoms with van der Waals surface area (Å²) in [5, 5.41) is 6.43. The minimum absolute atomic E-state index is 0.268. The molecule has 4 rings (SSSR count). The zero-order chi connectivity index (χ0) is 20.4. The summed E-state index contributed by atoms with van der Waals surface area (Å²) in [4.78, 5) is 13.2. The predicted octanol–water partition coefficient (Wildman–Crippen LogP) is 5.06. The number of aryl methyl sites for hydroxylation is 1. The molecule has 2 aromatic heterocycles. The molecule has 0 unspecified atom stereocenters. The van der Waals surface area contributed by atoms with Gasteiger partial charge in [-0.15, -0.1) is 13.2 Å². The average Bonchev–Trinajstić information content (AvgIpc) is 3.47. The van der Waals surface area contributed by atoms with E-state index < -0.39 is 6.36 Å². The van der Waals surface area contributed by atoms with E-state index in [1.807, 2.05) is 12.1 Å². The lowest BCUT2D eigenvalue weighted by Gasteiger charge is -2.14. The lowest BCUT2D eigenvalue weighted by molar-refractivity contribution is -0.274. The quantitative estimate of drug-likeness (QED) is 0.601. The van der Waals surface area contributed by atoms with E-state index in [1.165, 1.54) is 18.2 Å².